The number of hydrogen-bond donors (Lipinski definition) is 2. The van der Waals surface area contributed by atoms with E-state index in [4.69, 9.17) is 10.5 Å². The third-order valence-corrected chi connectivity index (χ3v) is 3.65. The molecule has 1 amide bonds. The lowest BCUT2D eigenvalue weighted by Gasteiger charge is -2.29. The Morgan fingerprint density at radius 1 is 1.30 bits per heavy atom. The highest BCUT2D eigenvalue weighted by molar-refractivity contribution is 5.99. The third-order valence-electron chi connectivity index (χ3n) is 3.65. The number of fused-ring (bicyclic) bond motifs is 1. The zero-order valence-electron chi connectivity index (χ0n) is 11.2. The molecular weight excluding hydrogens is 252 g/mol. The van der Waals surface area contributed by atoms with Crippen molar-refractivity contribution in [2.24, 2.45) is 0 Å². The SMILES string of the molecule is COc1ccc(N)cc1NC(=O)C1Cc2ccccc21. The number of nitrogens with one attached hydrogen (secondary N) is 1. The maximum absolute atomic E-state index is 12.3. The first-order chi connectivity index (χ1) is 9.69. The first kappa shape index (κ1) is 12.5. The van der Waals surface area contributed by atoms with E-state index in [2.05, 4.69) is 11.4 Å². The van der Waals surface area contributed by atoms with E-state index < -0.39 is 0 Å². The van der Waals surface area contributed by atoms with Crippen molar-refractivity contribution in [1.29, 1.82) is 0 Å². The predicted molar refractivity (Wildman–Crippen MR) is 78.9 cm³/mol. The lowest BCUT2D eigenvalue weighted by molar-refractivity contribution is -0.118. The molecule has 0 aromatic heterocycles. The molecule has 0 spiro atoms. The second-order valence-corrected chi connectivity index (χ2v) is 4.90. The molecule has 0 fully saturated rings. The lowest BCUT2D eigenvalue weighted by Crippen LogP contribution is -2.30. The van der Waals surface area contributed by atoms with E-state index in [0.717, 1.165) is 12.0 Å². The van der Waals surface area contributed by atoms with E-state index >= 15 is 0 Å². The fraction of sp³-hybridized carbons (Fsp3) is 0.188. The normalized spacial score (nSPS) is 15.9. The molecule has 0 radical (unpaired) electrons. The Kier molecular flexibility index (Phi) is 3.06. The minimum absolute atomic E-state index is 0.0207. The molecule has 0 saturated carbocycles. The molecule has 1 unspecified atom stereocenters. The van der Waals surface area contributed by atoms with Crippen LogP contribution in [0.25, 0.3) is 0 Å². The van der Waals surface area contributed by atoms with Crippen molar-refractivity contribution >= 4 is 17.3 Å². The average molecular weight is 268 g/mol. The molecule has 1 aliphatic carbocycles. The van der Waals surface area contributed by atoms with Crippen LogP contribution in [0.15, 0.2) is 42.5 Å². The number of ether oxygens (including phenoxy) is 1. The Hall–Kier alpha value is -2.49. The minimum atomic E-state index is -0.0858. The standard InChI is InChI=1S/C16H16N2O2/c1-20-15-7-6-11(17)9-14(15)18-16(19)13-8-10-4-2-3-5-12(10)13/h2-7,9,13H,8,17H2,1H3,(H,18,19). The molecule has 102 valence electrons. The topological polar surface area (TPSA) is 64.3 Å². The van der Waals surface area contributed by atoms with Crippen LogP contribution in [0.4, 0.5) is 11.4 Å². The molecule has 4 heteroatoms. The molecule has 3 N–H and O–H groups in total. The first-order valence-electron chi connectivity index (χ1n) is 6.51. The number of nitrogen functional groups attached to an aromatic ring is 1. The third kappa shape index (κ3) is 2.09. The molecule has 0 heterocycles. The van der Waals surface area contributed by atoms with Gasteiger partial charge in [-0.3, -0.25) is 4.79 Å². The van der Waals surface area contributed by atoms with Gasteiger partial charge in [-0.1, -0.05) is 24.3 Å². The summed E-state index contributed by atoms with van der Waals surface area (Å²) in [6, 6.07) is 13.2. The Morgan fingerprint density at radius 3 is 2.85 bits per heavy atom. The van der Waals surface area contributed by atoms with Crippen LogP contribution >= 0.6 is 0 Å². The fourth-order valence-electron chi connectivity index (χ4n) is 2.54. The highest BCUT2D eigenvalue weighted by Crippen LogP contribution is 2.36. The van der Waals surface area contributed by atoms with Crippen molar-refractivity contribution in [3.63, 3.8) is 0 Å². The number of amides is 1. The van der Waals surface area contributed by atoms with Crippen molar-refractivity contribution in [1.82, 2.24) is 0 Å². The van der Waals surface area contributed by atoms with Crippen LogP contribution in [0.2, 0.25) is 0 Å². The van der Waals surface area contributed by atoms with Gasteiger partial charge in [-0.05, 0) is 35.7 Å². The molecule has 0 bridgehead atoms. The Bertz CT molecular complexity index is 667. The predicted octanol–water partition coefficient (Wildman–Crippen LogP) is 2.56. The molecule has 3 rings (SSSR count). The van der Waals surface area contributed by atoms with Crippen molar-refractivity contribution in [2.75, 3.05) is 18.2 Å². The van der Waals surface area contributed by atoms with Gasteiger partial charge in [0.15, 0.2) is 0 Å². The number of rotatable bonds is 3. The first-order valence-corrected chi connectivity index (χ1v) is 6.51. The van der Waals surface area contributed by atoms with Gasteiger partial charge in [-0.25, -0.2) is 0 Å². The summed E-state index contributed by atoms with van der Waals surface area (Å²) in [4.78, 5) is 12.3. The summed E-state index contributed by atoms with van der Waals surface area (Å²) in [5.41, 5.74) is 9.30. The van der Waals surface area contributed by atoms with Gasteiger partial charge in [0, 0.05) is 5.69 Å². The second kappa shape index (κ2) is 4.89. The highest BCUT2D eigenvalue weighted by Gasteiger charge is 2.32. The number of anilines is 2. The zero-order chi connectivity index (χ0) is 14.1. The van der Waals surface area contributed by atoms with Crippen LogP contribution in [-0.4, -0.2) is 13.0 Å². The molecular formula is C16H16N2O2. The molecule has 20 heavy (non-hydrogen) atoms. The van der Waals surface area contributed by atoms with Gasteiger partial charge in [0.1, 0.15) is 5.75 Å². The second-order valence-electron chi connectivity index (χ2n) is 4.90. The van der Waals surface area contributed by atoms with Crippen molar-refractivity contribution in [3.05, 3.63) is 53.6 Å². The van der Waals surface area contributed by atoms with Crippen molar-refractivity contribution < 1.29 is 9.53 Å². The maximum atomic E-state index is 12.3. The molecule has 4 nitrogen and oxygen atoms in total. The lowest BCUT2D eigenvalue weighted by atomic mass is 9.77. The van der Waals surface area contributed by atoms with Gasteiger partial charge >= 0.3 is 0 Å². The fourth-order valence-corrected chi connectivity index (χ4v) is 2.54. The number of carbonyl (C=O) groups is 1. The molecule has 0 saturated heterocycles. The Balaban J connectivity index is 1.80. The van der Waals surface area contributed by atoms with Gasteiger partial charge in [-0.15, -0.1) is 0 Å². The van der Waals surface area contributed by atoms with Gasteiger partial charge < -0.3 is 15.8 Å². The number of nitrogens with two attached hydrogens (primary N) is 1. The number of hydrogen-bond acceptors (Lipinski definition) is 3. The van der Waals surface area contributed by atoms with E-state index in [1.807, 2.05) is 18.2 Å². The van der Waals surface area contributed by atoms with E-state index in [1.54, 1.807) is 25.3 Å². The number of methoxy groups -OCH3 is 1. The average Bonchev–Trinajstić information content (AvgIpc) is 2.40. The Morgan fingerprint density at radius 2 is 2.10 bits per heavy atom. The van der Waals surface area contributed by atoms with Crippen LogP contribution < -0.4 is 15.8 Å². The molecule has 1 aliphatic rings. The van der Waals surface area contributed by atoms with Gasteiger partial charge in [-0.2, -0.15) is 0 Å². The van der Waals surface area contributed by atoms with Crippen LogP contribution in [-0.2, 0) is 11.2 Å². The monoisotopic (exact) mass is 268 g/mol. The minimum Gasteiger partial charge on any atom is -0.495 e. The van der Waals surface area contributed by atoms with Crippen LogP contribution in [0, 0.1) is 0 Å². The molecule has 2 aromatic carbocycles. The largest absolute Gasteiger partial charge is 0.495 e. The summed E-state index contributed by atoms with van der Waals surface area (Å²) >= 11 is 0. The summed E-state index contributed by atoms with van der Waals surface area (Å²) in [5, 5.41) is 2.90. The summed E-state index contributed by atoms with van der Waals surface area (Å²) in [7, 11) is 1.57. The molecule has 0 aliphatic heterocycles. The molecule has 2 aromatic rings. The zero-order valence-corrected chi connectivity index (χ0v) is 11.2. The van der Waals surface area contributed by atoms with E-state index in [-0.39, 0.29) is 11.8 Å². The summed E-state index contributed by atoms with van der Waals surface area (Å²) in [5.74, 6) is 0.505. The van der Waals surface area contributed by atoms with Gasteiger partial charge in [0.25, 0.3) is 0 Å². The molecule has 1 atom stereocenters. The quantitative estimate of drug-likeness (QED) is 0.841. The van der Waals surface area contributed by atoms with Crippen molar-refractivity contribution in [3.8, 4) is 5.75 Å². The number of carbonyl (C=O) groups excluding carboxylic acids is 1. The van der Waals surface area contributed by atoms with Crippen molar-refractivity contribution in [2.45, 2.75) is 12.3 Å². The van der Waals surface area contributed by atoms with Crippen LogP contribution in [0.1, 0.15) is 17.0 Å². The van der Waals surface area contributed by atoms with Gasteiger partial charge in [0.2, 0.25) is 5.91 Å². The van der Waals surface area contributed by atoms with E-state index in [1.165, 1.54) is 5.56 Å². The maximum Gasteiger partial charge on any atom is 0.232 e. The Labute approximate surface area is 117 Å². The summed E-state index contributed by atoms with van der Waals surface area (Å²) < 4.78 is 5.23. The summed E-state index contributed by atoms with van der Waals surface area (Å²) in [6.45, 7) is 0. The highest BCUT2D eigenvalue weighted by atomic mass is 16.5. The van der Waals surface area contributed by atoms with Crippen LogP contribution in [0.5, 0.6) is 5.75 Å². The van der Waals surface area contributed by atoms with E-state index in [9.17, 15) is 4.79 Å². The van der Waals surface area contributed by atoms with Gasteiger partial charge in [0.05, 0.1) is 18.7 Å². The summed E-state index contributed by atoms with van der Waals surface area (Å²) in [6.07, 6.45) is 0.784. The number of benzene rings is 2. The smallest absolute Gasteiger partial charge is 0.232 e. The van der Waals surface area contributed by atoms with Crippen LogP contribution in [0.3, 0.4) is 0 Å². The van der Waals surface area contributed by atoms with E-state index in [0.29, 0.717) is 17.1 Å².